The third-order valence-electron chi connectivity index (χ3n) is 2.42. The first-order valence-corrected chi connectivity index (χ1v) is 5.67. The van der Waals surface area contributed by atoms with Crippen LogP contribution in [-0.2, 0) is 7.05 Å². The van der Waals surface area contributed by atoms with E-state index in [1.807, 2.05) is 12.1 Å². The molecule has 0 fully saturated rings. The summed E-state index contributed by atoms with van der Waals surface area (Å²) in [5, 5.41) is 0.519. The van der Waals surface area contributed by atoms with E-state index >= 15 is 0 Å². The number of nitrogens with zero attached hydrogens (tertiary/aromatic N) is 1. The molecule has 0 unspecified atom stereocenters. The molecule has 1 heterocycles. The van der Waals surface area contributed by atoms with Crippen LogP contribution >= 0.6 is 22.6 Å². The number of primary amides is 1. The molecule has 2 rings (SSSR count). The zero-order chi connectivity index (χ0) is 11.9. The van der Waals surface area contributed by atoms with Gasteiger partial charge in [-0.3, -0.25) is 9.59 Å². The number of carbonyl (C=O) groups excluding carboxylic acids is 1. The minimum atomic E-state index is -0.693. The number of amides is 1. The van der Waals surface area contributed by atoms with Crippen LogP contribution < -0.4 is 11.2 Å². The van der Waals surface area contributed by atoms with Gasteiger partial charge in [0, 0.05) is 22.2 Å². The minimum absolute atomic E-state index is 0.0250. The molecule has 0 radical (unpaired) electrons. The Morgan fingerprint density at radius 1 is 1.44 bits per heavy atom. The van der Waals surface area contributed by atoms with Crippen molar-refractivity contribution in [2.24, 2.45) is 12.8 Å². The van der Waals surface area contributed by atoms with Crippen molar-refractivity contribution < 1.29 is 4.79 Å². The molecular formula is C11H9IN2O2. The van der Waals surface area contributed by atoms with Crippen molar-refractivity contribution in [3.63, 3.8) is 0 Å². The van der Waals surface area contributed by atoms with Gasteiger partial charge < -0.3 is 10.3 Å². The molecular weight excluding hydrogens is 319 g/mol. The maximum Gasteiger partial charge on any atom is 0.254 e. The van der Waals surface area contributed by atoms with E-state index in [9.17, 15) is 9.59 Å². The number of fused-ring (bicyclic) bond motifs is 1. The topological polar surface area (TPSA) is 65.1 Å². The van der Waals surface area contributed by atoms with Gasteiger partial charge in [0.05, 0.1) is 5.52 Å². The Hall–Kier alpha value is -1.37. The number of nitrogens with two attached hydrogens (primary N) is 1. The lowest BCUT2D eigenvalue weighted by Gasteiger charge is -2.07. The molecule has 2 aromatic rings. The molecule has 0 aliphatic rings. The lowest BCUT2D eigenvalue weighted by Crippen LogP contribution is -2.23. The van der Waals surface area contributed by atoms with Gasteiger partial charge in [-0.25, -0.2) is 0 Å². The first-order valence-electron chi connectivity index (χ1n) is 4.59. The second-order valence-electron chi connectivity index (χ2n) is 3.51. The molecule has 82 valence electrons. The summed E-state index contributed by atoms with van der Waals surface area (Å²) >= 11 is 2.12. The first-order chi connectivity index (χ1) is 7.50. The highest BCUT2D eigenvalue weighted by Gasteiger charge is 2.11. The van der Waals surface area contributed by atoms with Crippen LogP contribution in [0.15, 0.2) is 29.2 Å². The van der Waals surface area contributed by atoms with Crippen molar-refractivity contribution in [1.29, 1.82) is 0 Å². The van der Waals surface area contributed by atoms with E-state index in [4.69, 9.17) is 5.73 Å². The van der Waals surface area contributed by atoms with E-state index in [0.717, 1.165) is 9.09 Å². The van der Waals surface area contributed by atoms with Crippen LogP contribution in [0.5, 0.6) is 0 Å². The van der Waals surface area contributed by atoms with Gasteiger partial charge in [-0.15, -0.1) is 0 Å². The average Bonchev–Trinajstić information content (AvgIpc) is 2.22. The van der Waals surface area contributed by atoms with Crippen molar-refractivity contribution in [2.75, 3.05) is 0 Å². The zero-order valence-corrected chi connectivity index (χ0v) is 10.7. The molecule has 0 atom stereocenters. The number of halogens is 1. The molecule has 0 saturated heterocycles. The standard InChI is InChI=1S/C11H9IN2O2/c1-14-5-8(11(13)16)10(15)7-4-6(12)2-3-9(7)14/h2-5H,1H3,(H2,13,16). The smallest absolute Gasteiger partial charge is 0.254 e. The highest BCUT2D eigenvalue weighted by molar-refractivity contribution is 14.1. The molecule has 4 nitrogen and oxygen atoms in total. The Morgan fingerprint density at radius 2 is 2.12 bits per heavy atom. The summed E-state index contributed by atoms with van der Waals surface area (Å²) in [6.45, 7) is 0. The van der Waals surface area contributed by atoms with Gasteiger partial charge in [0.2, 0.25) is 5.43 Å². The predicted octanol–water partition coefficient (Wildman–Crippen LogP) is 1.24. The molecule has 0 aliphatic carbocycles. The molecule has 2 N–H and O–H groups in total. The van der Waals surface area contributed by atoms with Gasteiger partial charge in [0.1, 0.15) is 5.56 Å². The fourth-order valence-corrected chi connectivity index (χ4v) is 2.13. The summed E-state index contributed by atoms with van der Waals surface area (Å²) in [6, 6.07) is 5.51. The number of hydrogen-bond acceptors (Lipinski definition) is 2. The lowest BCUT2D eigenvalue weighted by atomic mass is 10.1. The Balaban J connectivity index is 2.98. The largest absolute Gasteiger partial charge is 0.365 e. The molecule has 0 spiro atoms. The monoisotopic (exact) mass is 328 g/mol. The molecule has 1 aromatic heterocycles. The van der Waals surface area contributed by atoms with Crippen LogP contribution in [0.4, 0.5) is 0 Å². The van der Waals surface area contributed by atoms with Gasteiger partial charge in [0.15, 0.2) is 0 Å². The Labute approximate surface area is 105 Å². The van der Waals surface area contributed by atoms with Gasteiger partial charge in [-0.05, 0) is 40.8 Å². The molecule has 0 aliphatic heterocycles. The van der Waals surface area contributed by atoms with Crippen molar-refractivity contribution in [3.05, 3.63) is 43.8 Å². The number of carbonyl (C=O) groups is 1. The molecule has 16 heavy (non-hydrogen) atoms. The number of benzene rings is 1. The first kappa shape index (κ1) is 11.1. The summed E-state index contributed by atoms with van der Waals surface area (Å²) in [6.07, 6.45) is 1.47. The summed E-state index contributed by atoms with van der Waals surface area (Å²) in [7, 11) is 1.78. The maximum absolute atomic E-state index is 12.0. The van der Waals surface area contributed by atoms with Crippen LogP contribution in [0, 0.1) is 3.57 Å². The molecule has 0 bridgehead atoms. The van der Waals surface area contributed by atoms with Crippen LogP contribution in [0.25, 0.3) is 10.9 Å². The summed E-state index contributed by atoms with van der Waals surface area (Å²) < 4.78 is 2.68. The van der Waals surface area contributed by atoms with E-state index in [2.05, 4.69) is 22.6 Å². The van der Waals surface area contributed by atoms with E-state index in [-0.39, 0.29) is 11.0 Å². The minimum Gasteiger partial charge on any atom is -0.365 e. The predicted molar refractivity (Wildman–Crippen MR) is 70.4 cm³/mol. The van der Waals surface area contributed by atoms with E-state index in [1.54, 1.807) is 17.7 Å². The third-order valence-corrected chi connectivity index (χ3v) is 3.09. The summed E-state index contributed by atoms with van der Waals surface area (Å²) in [5.74, 6) is -0.693. The van der Waals surface area contributed by atoms with Gasteiger partial charge >= 0.3 is 0 Å². The van der Waals surface area contributed by atoms with Gasteiger partial charge in [-0.1, -0.05) is 0 Å². The number of aromatic nitrogens is 1. The zero-order valence-electron chi connectivity index (χ0n) is 8.53. The fraction of sp³-hybridized carbons (Fsp3) is 0.0909. The number of aryl methyl sites for hydroxylation is 1. The van der Waals surface area contributed by atoms with Crippen LogP contribution in [-0.4, -0.2) is 10.5 Å². The Bertz CT molecular complexity index is 646. The van der Waals surface area contributed by atoms with E-state index in [0.29, 0.717) is 5.39 Å². The summed E-state index contributed by atoms with van der Waals surface area (Å²) in [4.78, 5) is 23.1. The second kappa shape index (κ2) is 3.89. The van der Waals surface area contributed by atoms with Crippen molar-refractivity contribution in [2.45, 2.75) is 0 Å². The molecule has 1 aromatic carbocycles. The van der Waals surface area contributed by atoms with Crippen molar-refractivity contribution >= 4 is 39.4 Å². The molecule has 5 heteroatoms. The van der Waals surface area contributed by atoms with E-state index in [1.165, 1.54) is 6.20 Å². The maximum atomic E-state index is 12.0. The van der Waals surface area contributed by atoms with Crippen LogP contribution in [0.1, 0.15) is 10.4 Å². The summed E-state index contributed by atoms with van der Waals surface area (Å²) in [5.41, 5.74) is 5.66. The second-order valence-corrected chi connectivity index (χ2v) is 4.75. The molecule has 1 amide bonds. The quantitative estimate of drug-likeness (QED) is 0.801. The molecule has 0 saturated carbocycles. The number of rotatable bonds is 1. The number of pyridine rings is 1. The third kappa shape index (κ3) is 1.71. The van der Waals surface area contributed by atoms with Crippen molar-refractivity contribution in [3.8, 4) is 0 Å². The number of hydrogen-bond donors (Lipinski definition) is 1. The van der Waals surface area contributed by atoms with Gasteiger partial charge in [0.25, 0.3) is 5.91 Å². The fourth-order valence-electron chi connectivity index (χ4n) is 1.64. The van der Waals surface area contributed by atoms with Crippen molar-refractivity contribution in [1.82, 2.24) is 4.57 Å². The lowest BCUT2D eigenvalue weighted by molar-refractivity contribution is 0.0999. The highest BCUT2D eigenvalue weighted by atomic mass is 127. The normalized spacial score (nSPS) is 10.6. The highest BCUT2D eigenvalue weighted by Crippen LogP contribution is 2.14. The SMILES string of the molecule is Cn1cc(C(N)=O)c(=O)c2cc(I)ccc21. The van der Waals surface area contributed by atoms with E-state index < -0.39 is 5.91 Å². The average molecular weight is 328 g/mol. The van der Waals surface area contributed by atoms with Gasteiger partial charge in [-0.2, -0.15) is 0 Å². The van der Waals surface area contributed by atoms with Crippen LogP contribution in [0.2, 0.25) is 0 Å². The van der Waals surface area contributed by atoms with Crippen LogP contribution in [0.3, 0.4) is 0 Å². The Morgan fingerprint density at radius 3 is 2.75 bits per heavy atom. The Kier molecular flexibility index (Phi) is 2.71.